The molecule has 4 rings (SSSR count). The Morgan fingerprint density at radius 1 is 1.06 bits per heavy atom. The number of hydrogen-bond donors (Lipinski definition) is 0. The summed E-state index contributed by atoms with van der Waals surface area (Å²) in [6.07, 6.45) is 5.12. The van der Waals surface area contributed by atoms with Crippen LogP contribution in [0.5, 0.6) is 0 Å². The maximum absolute atomic E-state index is 13.5. The number of allylic oxidation sites excluding steroid dienone is 3. The van der Waals surface area contributed by atoms with Gasteiger partial charge in [0.1, 0.15) is 0 Å². The molecule has 1 amide bonds. The molecule has 1 aliphatic carbocycles. The standard InChI is InChI=1S/C28H29NO4/c1-4-33-27(32)21-12-8-9-13-22(21)29-23-17-28(2,3)18-24(30)26(23)20(16-25(29)31)15-14-19-10-6-5-7-11-19/h5-15,20H,4,16-18H2,1-3H3/b15-14+. The van der Waals surface area contributed by atoms with Crippen molar-refractivity contribution >= 4 is 29.4 Å². The van der Waals surface area contributed by atoms with Crippen LogP contribution in [0.1, 0.15) is 56.0 Å². The number of Topliss-reactive ketones (excluding diaryl/α,β-unsaturated/α-hetero) is 1. The predicted molar refractivity (Wildman–Crippen MR) is 129 cm³/mol. The topological polar surface area (TPSA) is 63.7 Å². The average molecular weight is 444 g/mol. The van der Waals surface area contributed by atoms with Gasteiger partial charge in [0.05, 0.1) is 17.9 Å². The van der Waals surface area contributed by atoms with Crippen LogP contribution in [0.2, 0.25) is 0 Å². The van der Waals surface area contributed by atoms with E-state index in [1.807, 2.05) is 56.3 Å². The number of ketones is 1. The lowest BCUT2D eigenvalue weighted by molar-refractivity contribution is -0.121. The summed E-state index contributed by atoms with van der Waals surface area (Å²) >= 11 is 0. The minimum absolute atomic E-state index is 0.0649. The molecule has 0 bridgehead atoms. The Kier molecular flexibility index (Phi) is 6.32. The quantitative estimate of drug-likeness (QED) is 0.567. The van der Waals surface area contributed by atoms with Crippen LogP contribution in [0, 0.1) is 11.3 Å². The minimum atomic E-state index is -0.476. The number of carbonyl (C=O) groups excluding carboxylic acids is 3. The van der Waals surface area contributed by atoms with E-state index in [-0.39, 0.29) is 36.1 Å². The van der Waals surface area contributed by atoms with Crippen molar-refractivity contribution in [1.29, 1.82) is 0 Å². The van der Waals surface area contributed by atoms with Crippen LogP contribution < -0.4 is 4.90 Å². The molecule has 0 saturated carbocycles. The zero-order valence-electron chi connectivity index (χ0n) is 19.3. The van der Waals surface area contributed by atoms with Gasteiger partial charge in [-0.1, -0.05) is 68.5 Å². The summed E-state index contributed by atoms with van der Waals surface area (Å²) in [5.74, 6) is -0.827. The summed E-state index contributed by atoms with van der Waals surface area (Å²) < 4.78 is 5.23. The molecule has 1 heterocycles. The van der Waals surface area contributed by atoms with Gasteiger partial charge in [0.15, 0.2) is 5.78 Å². The first-order chi connectivity index (χ1) is 15.8. The van der Waals surface area contributed by atoms with Gasteiger partial charge in [0.2, 0.25) is 5.91 Å². The molecule has 1 atom stereocenters. The van der Waals surface area contributed by atoms with Crippen molar-refractivity contribution in [3.8, 4) is 0 Å². The van der Waals surface area contributed by atoms with Crippen molar-refractivity contribution in [1.82, 2.24) is 0 Å². The third-order valence-corrected chi connectivity index (χ3v) is 6.14. The van der Waals surface area contributed by atoms with E-state index in [0.717, 1.165) is 5.56 Å². The zero-order chi connectivity index (χ0) is 23.6. The van der Waals surface area contributed by atoms with Crippen molar-refractivity contribution in [2.24, 2.45) is 11.3 Å². The molecule has 2 aromatic carbocycles. The first-order valence-electron chi connectivity index (χ1n) is 11.4. The minimum Gasteiger partial charge on any atom is -0.462 e. The average Bonchev–Trinajstić information content (AvgIpc) is 2.77. The summed E-state index contributed by atoms with van der Waals surface area (Å²) in [5.41, 5.74) is 2.92. The largest absolute Gasteiger partial charge is 0.462 e. The van der Waals surface area contributed by atoms with Crippen molar-refractivity contribution in [3.05, 3.63) is 83.1 Å². The molecule has 0 aromatic heterocycles. The number of carbonyl (C=O) groups is 3. The molecule has 5 nitrogen and oxygen atoms in total. The Morgan fingerprint density at radius 3 is 2.48 bits per heavy atom. The normalized spacial score (nSPS) is 20.2. The van der Waals surface area contributed by atoms with E-state index in [9.17, 15) is 14.4 Å². The summed E-state index contributed by atoms with van der Waals surface area (Å²) in [6.45, 7) is 6.07. The smallest absolute Gasteiger partial charge is 0.340 e. The van der Waals surface area contributed by atoms with E-state index in [1.165, 1.54) is 0 Å². The number of rotatable bonds is 5. The number of esters is 1. The van der Waals surface area contributed by atoms with Gasteiger partial charge in [-0.15, -0.1) is 0 Å². The van der Waals surface area contributed by atoms with Gasteiger partial charge < -0.3 is 4.74 Å². The fraction of sp³-hybridized carbons (Fsp3) is 0.321. The molecule has 0 saturated heterocycles. The molecule has 0 fully saturated rings. The highest BCUT2D eigenvalue weighted by Gasteiger charge is 2.43. The SMILES string of the molecule is CCOC(=O)c1ccccc1N1C(=O)CC(/C=C/c2ccccc2)C2=C1CC(C)(C)CC2=O. The Bertz CT molecular complexity index is 1140. The number of anilines is 1. The second kappa shape index (κ2) is 9.18. The Labute approximate surface area is 194 Å². The van der Waals surface area contributed by atoms with Gasteiger partial charge in [-0.25, -0.2) is 4.79 Å². The summed E-state index contributed by atoms with van der Waals surface area (Å²) in [7, 11) is 0. The number of benzene rings is 2. The fourth-order valence-electron chi connectivity index (χ4n) is 4.74. The third-order valence-electron chi connectivity index (χ3n) is 6.14. The van der Waals surface area contributed by atoms with Gasteiger partial charge in [-0.3, -0.25) is 14.5 Å². The molecule has 2 aromatic rings. The lowest BCUT2D eigenvalue weighted by Gasteiger charge is -2.42. The molecule has 2 aliphatic rings. The molecule has 0 radical (unpaired) electrons. The molecule has 170 valence electrons. The number of hydrogen-bond acceptors (Lipinski definition) is 4. The number of para-hydroxylation sites is 1. The molecule has 0 spiro atoms. The van der Waals surface area contributed by atoms with Gasteiger partial charge in [0.25, 0.3) is 0 Å². The zero-order valence-corrected chi connectivity index (χ0v) is 19.3. The van der Waals surface area contributed by atoms with Crippen LogP contribution in [-0.4, -0.2) is 24.3 Å². The second-order valence-corrected chi connectivity index (χ2v) is 9.35. The lowest BCUT2D eigenvalue weighted by Crippen LogP contribution is -2.44. The van der Waals surface area contributed by atoms with Crippen molar-refractivity contribution < 1.29 is 19.1 Å². The molecule has 1 unspecified atom stereocenters. The molecule has 5 heteroatoms. The molecular formula is C28H29NO4. The summed E-state index contributed by atoms with van der Waals surface area (Å²) in [6, 6.07) is 16.8. The molecule has 0 N–H and O–H groups in total. The van der Waals surface area contributed by atoms with Crippen molar-refractivity contribution in [2.45, 2.75) is 40.0 Å². The monoisotopic (exact) mass is 443 g/mol. The number of nitrogens with zero attached hydrogens (tertiary/aromatic N) is 1. The van der Waals surface area contributed by atoms with Gasteiger partial charge in [0, 0.05) is 30.0 Å². The first-order valence-corrected chi connectivity index (χ1v) is 11.4. The summed E-state index contributed by atoms with van der Waals surface area (Å²) in [5, 5.41) is 0. The summed E-state index contributed by atoms with van der Waals surface area (Å²) in [4.78, 5) is 41.1. The van der Waals surface area contributed by atoms with Gasteiger partial charge in [-0.2, -0.15) is 0 Å². The number of ether oxygens (including phenoxy) is 1. The predicted octanol–water partition coefficient (Wildman–Crippen LogP) is 5.57. The van der Waals surface area contributed by atoms with E-state index in [0.29, 0.717) is 35.4 Å². The number of amides is 1. The first kappa shape index (κ1) is 22.7. The van der Waals surface area contributed by atoms with E-state index < -0.39 is 5.97 Å². The van der Waals surface area contributed by atoms with Crippen molar-refractivity contribution in [2.75, 3.05) is 11.5 Å². The molecule has 33 heavy (non-hydrogen) atoms. The lowest BCUT2D eigenvalue weighted by atomic mass is 9.70. The highest BCUT2D eigenvalue weighted by atomic mass is 16.5. The van der Waals surface area contributed by atoms with Gasteiger partial charge >= 0.3 is 5.97 Å². The van der Waals surface area contributed by atoms with Crippen molar-refractivity contribution in [3.63, 3.8) is 0 Å². The van der Waals surface area contributed by atoms with E-state index in [2.05, 4.69) is 0 Å². The maximum atomic E-state index is 13.5. The molecule has 1 aliphatic heterocycles. The van der Waals surface area contributed by atoms with Crippen LogP contribution >= 0.6 is 0 Å². The Hall–Kier alpha value is -3.47. The van der Waals surface area contributed by atoms with Crippen LogP contribution in [-0.2, 0) is 14.3 Å². The maximum Gasteiger partial charge on any atom is 0.340 e. The van der Waals surface area contributed by atoms with Crippen LogP contribution in [0.3, 0.4) is 0 Å². The Morgan fingerprint density at radius 2 is 1.76 bits per heavy atom. The van der Waals surface area contributed by atoms with E-state index >= 15 is 0 Å². The van der Waals surface area contributed by atoms with Crippen LogP contribution in [0.4, 0.5) is 5.69 Å². The van der Waals surface area contributed by atoms with Gasteiger partial charge in [-0.05, 0) is 36.5 Å². The van der Waals surface area contributed by atoms with Crippen LogP contribution in [0.25, 0.3) is 6.08 Å². The second-order valence-electron chi connectivity index (χ2n) is 9.35. The highest BCUT2D eigenvalue weighted by Crippen LogP contribution is 2.46. The van der Waals surface area contributed by atoms with Crippen LogP contribution in [0.15, 0.2) is 71.9 Å². The van der Waals surface area contributed by atoms with E-state index in [1.54, 1.807) is 36.1 Å². The fourth-order valence-corrected chi connectivity index (χ4v) is 4.74. The molecular weight excluding hydrogens is 414 g/mol. The highest BCUT2D eigenvalue weighted by molar-refractivity contribution is 6.10. The Balaban J connectivity index is 1.83. The van der Waals surface area contributed by atoms with E-state index in [4.69, 9.17) is 4.74 Å². The third kappa shape index (κ3) is 4.68.